The van der Waals surface area contributed by atoms with Crippen molar-refractivity contribution >= 4 is 19.7 Å². The number of hydrogen-bond donors (Lipinski definition) is 0. The molecule has 0 fully saturated rings. The molecule has 0 aliphatic rings. The van der Waals surface area contributed by atoms with Crippen molar-refractivity contribution in [3.05, 3.63) is 12.0 Å². The Morgan fingerprint density at radius 2 is 2.31 bits per heavy atom. The van der Waals surface area contributed by atoms with Gasteiger partial charge in [-0.25, -0.2) is 13.4 Å². The van der Waals surface area contributed by atoms with Crippen LogP contribution >= 0.6 is 10.7 Å². The molecule has 0 aromatic carbocycles. The van der Waals surface area contributed by atoms with E-state index in [1.54, 1.807) is 4.57 Å². The third-order valence-corrected chi connectivity index (χ3v) is 3.23. The standard InChI is InChI=1S/C10H13ClN2O2S/c1-3-5-7-13-8-10(16(11,14)15)12-9(13)6-4-2/h1,8H,4-7H2,2H3. The minimum absolute atomic E-state index is 0.102. The summed E-state index contributed by atoms with van der Waals surface area (Å²) < 4.78 is 24.0. The summed E-state index contributed by atoms with van der Waals surface area (Å²) in [5, 5.41) is -0.102. The van der Waals surface area contributed by atoms with Gasteiger partial charge < -0.3 is 4.57 Å². The van der Waals surface area contributed by atoms with E-state index < -0.39 is 9.05 Å². The van der Waals surface area contributed by atoms with Gasteiger partial charge in [0.25, 0.3) is 9.05 Å². The number of rotatable bonds is 5. The van der Waals surface area contributed by atoms with Crippen LogP contribution in [0.3, 0.4) is 0 Å². The second-order valence-corrected chi connectivity index (χ2v) is 5.84. The molecule has 0 amide bonds. The maximum Gasteiger partial charge on any atom is 0.280 e. The summed E-state index contributed by atoms with van der Waals surface area (Å²) in [6, 6.07) is 0. The largest absolute Gasteiger partial charge is 0.333 e. The SMILES string of the molecule is C#CCCn1cc(S(=O)(=O)Cl)nc1CCC. The molecule has 0 unspecified atom stereocenters. The van der Waals surface area contributed by atoms with Gasteiger partial charge in [-0.15, -0.1) is 12.3 Å². The molecule has 4 nitrogen and oxygen atoms in total. The molecule has 1 heterocycles. The Bertz CT molecular complexity index is 499. The van der Waals surface area contributed by atoms with Crippen molar-refractivity contribution in [2.45, 2.75) is 37.8 Å². The van der Waals surface area contributed by atoms with Crippen molar-refractivity contribution in [1.29, 1.82) is 0 Å². The van der Waals surface area contributed by atoms with E-state index in [0.29, 0.717) is 25.2 Å². The fourth-order valence-corrected chi connectivity index (χ4v) is 2.04. The van der Waals surface area contributed by atoms with Gasteiger partial charge in [-0.3, -0.25) is 0 Å². The quantitative estimate of drug-likeness (QED) is 0.599. The predicted molar refractivity (Wildman–Crippen MR) is 62.7 cm³/mol. The minimum Gasteiger partial charge on any atom is -0.333 e. The van der Waals surface area contributed by atoms with Crippen molar-refractivity contribution in [3.63, 3.8) is 0 Å². The highest BCUT2D eigenvalue weighted by Gasteiger charge is 2.17. The number of aromatic nitrogens is 2. The summed E-state index contributed by atoms with van der Waals surface area (Å²) >= 11 is 0. The third-order valence-electron chi connectivity index (χ3n) is 2.06. The average molecular weight is 261 g/mol. The molecule has 88 valence electrons. The smallest absolute Gasteiger partial charge is 0.280 e. The average Bonchev–Trinajstić information content (AvgIpc) is 2.58. The van der Waals surface area contributed by atoms with Crippen LogP contribution in [0.1, 0.15) is 25.6 Å². The van der Waals surface area contributed by atoms with Gasteiger partial charge >= 0.3 is 0 Å². The fraction of sp³-hybridized carbons (Fsp3) is 0.500. The van der Waals surface area contributed by atoms with Gasteiger partial charge in [-0.2, -0.15) is 0 Å². The first kappa shape index (κ1) is 13.1. The van der Waals surface area contributed by atoms with Crippen LogP contribution in [0.5, 0.6) is 0 Å². The van der Waals surface area contributed by atoms with Crippen LogP contribution in [0.15, 0.2) is 11.2 Å². The number of terminal acetylenes is 1. The maximum absolute atomic E-state index is 11.1. The van der Waals surface area contributed by atoms with Gasteiger partial charge in [0, 0.05) is 36.3 Å². The number of imidazole rings is 1. The molecule has 1 rings (SSSR count). The zero-order valence-corrected chi connectivity index (χ0v) is 10.6. The lowest BCUT2D eigenvalue weighted by Gasteiger charge is -2.03. The molecule has 6 heteroatoms. The molecule has 1 aromatic heterocycles. The molecule has 0 atom stereocenters. The van der Waals surface area contributed by atoms with Crippen LogP contribution in [0.4, 0.5) is 0 Å². The number of aryl methyl sites for hydroxylation is 2. The highest BCUT2D eigenvalue weighted by atomic mass is 35.7. The minimum atomic E-state index is -3.76. The lowest BCUT2D eigenvalue weighted by Crippen LogP contribution is -2.02. The van der Waals surface area contributed by atoms with Crippen LogP contribution < -0.4 is 0 Å². The van der Waals surface area contributed by atoms with Crippen LogP contribution in [-0.4, -0.2) is 18.0 Å². The third kappa shape index (κ3) is 3.26. The van der Waals surface area contributed by atoms with Gasteiger partial charge in [0.15, 0.2) is 5.03 Å². The molecule has 1 aromatic rings. The topological polar surface area (TPSA) is 52.0 Å². The van der Waals surface area contributed by atoms with Crippen LogP contribution in [0.2, 0.25) is 0 Å². The second-order valence-electron chi connectivity index (χ2n) is 3.33. The van der Waals surface area contributed by atoms with E-state index in [1.165, 1.54) is 6.20 Å². The Morgan fingerprint density at radius 1 is 1.62 bits per heavy atom. The molecular formula is C10H13ClN2O2S. The van der Waals surface area contributed by atoms with Crippen molar-refractivity contribution in [3.8, 4) is 12.3 Å². The van der Waals surface area contributed by atoms with Crippen molar-refractivity contribution in [2.75, 3.05) is 0 Å². The molecule has 0 N–H and O–H groups in total. The first-order chi connectivity index (χ1) is 7.49. The Hall–Kier alpha value is -0.990. The zero-order chi connectivity index (χ0) is 12.2. The summed E-state index contributed by atoms with van der Waals surface area (Å²) in [5.74, 6) is 3.21. The molecule has 0 aliphatic carbocycles. The predicted octanol–water partition coefficient (Wildman–Crippen LogP) is 1.79. The van der Waals surface area contributed by atoms with E-state index in [0.717, 1.165) is 6.42 Å². The lowest BCUT2D eigenvalue weighted by molar-refractivity contribution is 0.606. The first-order valence-corrected chi connectivity index (χ1v) is 7.24. The van der Waals surface area contributed by atoms with Gasteiger partial charge in [-0.05, 0) is 6.42 Å². The zero-order valence-electron chi connectivity index (χ0n) is 8.98. The summed E-state index contributed by atoms with van der Waals surface area (Å²) in [6.45, 7) is 2.56. The summed E-state index contributed by atoms with van der Waals surface area (Å²) in [7, 11) is 1.47. The Labute approximate surface area is 100 Å². The maximum atomic E-state index is 11.1. The Morgan fingerprint density at radius 3 is 2.81 bits per heavy atom. The Kier molecular flexibility index (Phi) is 4.39. The normalized spacial score (nSPS) is 11.3. The number of hydrogen-bond acceptors (Lipinski definition) is 3. The second kappa shape index (κ2) is 5.37. The molecule has 0 bridgehead atoms. The lowest BCUT2D eigenvalue weighted by atomic mass is 10.3. The fourth-order valence-electron chi connectivity index (χ4n) is 1.35. The molecule has 0 spiro atoms. The van der Waals surface area contributed by atoms with Crippen molar-refractivity contribution in [2.24, 2.45) is 0 Å². The van der Waals surface area contributed by atoms with Crippen LogP contribution in [0, 0.1) is 12.3 Å². The summed E-state index contributed by atoms with van der Waals surface area (Å²) in [4.78, 5) is 4.00. The monoisotopic (exact) mass is 260 g/mol. The van der Waals surface area contributed by atoms with Crippen LogP contribution in [0.25, 0.3) is 0 Å². The molecule has 0 radical (unpaired) electrons. The van der Waals surface area contributed by atoms with Crippen molar-refractivity contribution < 1.29 is 8.42 Å². The Balaban J connectivity index is 3.05. The van der Waals surface area contributed by atoms with E-state index in [4.69, 9.17) is 17.1 Å². The summed E-state index contributed by atoms with van der Waals surface area (Å²) in [6.07, 6.45) is 8.73. The van der Waals surface area contributed by atoms with Crippen LogP contribution in [-0.2, 0) is 22.0 Å². The van der Waals surface area contributed by atoms with E-state index >= 15 is 0 Å². The number of nitrogens with zero attached hydrogens (tertiary/aromatic N) is 2. The molecule has 16 heavy (non-hydrogen) atoms. The molecule has 0 saturated carbocycles. The van der Waals surface area contributed by atoms with E-state index in [2.05, 4.69) is 10.9 Å². The summed E-state index contributed by atoms with van der Waals surface area (Å²) in [5.41, 5.74) is 0. The van der Waals surface area contributed by atoms with Gasteiger partial charge in [0.2, 0.25) is 0 Å². The van der Waals surface area contributed by atoms with E-state index in [9.17, 15) is 8.42 Å². The molecular weight excluding hydrogens is 248 g/mol. The van der Waals surface area contributed by atoms with E-state index in [-0.39, 0.29) is 5.03 Å². The highest BCUT2D eigenvalue weighted by Crippen LogP contribution is 2.15. The number of halogens is 1. The van der Waals surface area contributed by atoms with Gasteiger partial charge in [-0.1, -0.05) is 6.92 Å². The van der Waals surface area contributed by atoms with Gasteiger partial charge in [0.05, 0.1) is 0 Å². The molecule has 0 saturated heterocycles. The van der Waals surface area contributed by atoms with Crippen molar-refractivity contribution in [1.82, 2.24) is 9.55 Å². The van der Waals surface area contributed by atoms with Gasteiger partial charge in [0.1, 0.15) is 5.82 Å². The first-order valence-electron chi connectivity index (χ1n) is 4.93. The van der Waals surface area contributed by atoms with E-state index in [1.807, 2.05) is 6.92 Å². The highest BCUT2D eigenvalue weighted by molar-refractivity contribution is 8.13. The molecule has 0 aliphatic heterocycles.